The molecule has 3 aromatic rings. The molecule has 0 saturated heterocycles. The van der Waals surface area contributed by atoms with Crippen molar-refractivity contribution in [1.29, 1.82) is 0 Å². The van der Waals surface area contributed by atoms with E-state index >= 15 is 0 Å². The Morgan fingerprint density at radius 3 is 2.28 bits per heavy atom. The number of carbonyl (C=O) groups excluding carboxylic acids is 2. The maximum atomic E-state index is 14.6. The summed E-state index contributed by atoms with van der Waals surface area (Å²) in [5.41, 5.74) is 1.74. The van der Waals surface area contributed by atoms with Crippen molar-refractivity contribution in [3.05, 3.63) is 105 Å². The predicted molar refractivity (Wildman–Crippen MR) is 141 cm³/mol. The van der Waals surface area contributed by atoms with Crippen molar-refractivity contribution in [2.24, 2.45) is 0 Å². The third-order valence-electron chi connectivity index (χ3n) is 6.66. The van der Waals surface area contributed by atoms with Crippen LogP contribution in [0.2, 0.25) is 10.0 Å². The van der Waals surface area contributed by atoms with Crippen LogP contribution in [-0.4, -0.2) is 28.8 Å². The summed E-state index contributed by atoms with van der Waals surface area (Å²) in [4.78, 5) is 29.0. The molecule has 3 aromatic carbocycles. The minimum Gasteiger partial charge on any atom is -0.352 e. The molecule has 0 aromatic heterocycles. The van der Waals surface area contributed by atoms with Gasteiger partial charge in [0.05, 0.1) is 6.42 Å². The summed E-state index contributed by atoms with van der Waals surface area (Å²) in [6.45, 7) is 0.111. The first-order valence-electron chi connectivity index (χ1n) is 12.2. The zero-order chi connectivity index (χ0) is 25.5. The molecule has 36 heavy (non-hydrogen) atoms. The number of nitrogens with zero attached hydrogens (tertiary/aromatic N) is 1. The fraction of sp³-hybridized carbons (Fsp3) is 0.310. The SMILES string of the molecule is O=C(NC1CCCC1)[C@H](Cc1ccccc1)N(Cc1ccccc1Cl)C(=O)Cc1c(F)cccc1Cl. The van der Waals surface area contributed by atoms with Gasteiger partial charge in [-0.05, 0) is 42.2 Å². The number of rotatable bonds is 9. The third-order valence-corrected chi connectivity index (χ3v) is 7.38. The van der Waals surface area contributed by atoms with Gasteiger partial charge >= 0.3 is 0 Å². The smallest absolute Gasteiger partial charge is 0.243 e. The van der Waals surface area contributed by atoms with Gasteiger partial charge < -0.3 is 10.2 Å². The Hall–Kier alpha value is -2.89. The minimum atomic E-state index is -0.803. The van der Waals surface area contributed by atoms with Crippen LogP contribution in [0.1, 0.15) is 42.4 Å². The van der Waals surface area contributed by atoms with Gasteiger partial charge in [0.15, 0.2) is 0 Å². The molecule has 0 bridgehead atoms. The van der Waals surface area contributed by atoms with E-state index in [4.69, 9.17) is 23.2 Å². The molecule has 0 aliphatic heterocycles. The summed E-state index contributed by atoms with van der Waals surface area (Å²) in [5, 5.41) is 3.83. The molecule has 7 heteroatoms. The number of hydrogen-bond donors (Lipinski definition) is 1. The van der Waals surface area contributed by atoms with Crippen molar-refractivity contribution in [3.63, 3.8) is 0 Å². The first-order chi connectivity index (χ1) is 17.4. The molecule has 0 heterocycles. The second kappa shape index (κ2) is 12.4. The summed E-state index contributed by atoms with van der Waals surface area (Å²) in [7, 11) is 0. The zero-order valence-electron chi connectivity index (χ0n) is 19.9. The van der Waals surface area contributed by atoms with Crippen LogP contribution in [0.3, 0.4) is 0 Å². The Labute approximate surface area is 221 Å². The quantitative estimate of drug-likeness (QED) is 0.352. The molecule has 1 aliphatic carbocycles. The summed E-state index contributed by atoms with van der Waals surface area (Å²) in [5.74, 6) is -1.17. The molecule has 0 radical (unpaired) electrons. The highest BCUT2D eigenvalue weighted by Crippen LogP contribution is 2.25. The molecule has 0 unspecified atom stereocenters. The first-order valence-corrected chi connectivity index (χ1v) is 13.0. The van der Waals surface area contributed by atoms with Crippen molar-refractivity contribution >= 4 is 35.0 Å². The molecule has 188 valence electrons. The molecule has 1 N–H and O–H groups in total. The van der Waals surface area contributed by atoms with Crippen LogP contribution in [0.25, 0.3) is 0 Å². The van der Waals surface area contributed by atoms with E-state index in [-0.39, 0.29) is 35.5 Å². The maximum absolute atomic E-state index is 14.6. The second-order valence-electron chi connectivity index (χ2n) is 9.19. The number of amides is 2. The van der Waals surface area contributed by atoms with Crippen molar-refractivity contribution in [2.45, 2.75) is 57.2 Å². The number of halogens is 3. The van der Waals surface area contributed by atoms with Crippen molar-refractivity contribution < 1.29 is 14.0 Å². The molecule has 4 nitrogen and oxygen atoms in total. The van der Waals surface area contributed by atoms with E-state index in [0.29, 0.717) is 17.0 Å². The number of hydrogen-bond acceptors (Lipinski definition) is 2. The van der Waals surface area contributed by atoms with Gasteiger partial charge in [-0.3, -0.25) is 9.59 Å². The van der Waals surface area contributed by atoms with Crippen molar-refractivity contribution in [2.75, 3.05) is 0 Å². The van der Waals surface area contributed by atoms with Gasteiger partial charge in [-0.25, -0.2) is 4.39 Å². The van der Waals surface area contributed by atoms with E-state index in [2.05, 4.69) is 5.32 Å². The molecule has 2 amide bonds. The highest BCUT2D eigenvalue weighted by Gasteiger charge is 2.33. The van der Waals surface area contributed by atoms with Gasteiger partial charge in [0.25, 0.3) is 0 Å². The van der Waals surface area contributed by atoms with Gasteiger partial charge in [0, 0.05) is 34.6 Å². The van der Waals surface area contributed by atoms with Crippen LogP contribution >= 0.6 is 23.2 Å². The third kappa shape index (κ3) is 6.65. The molecule has 0 spiro atoms. The lowest BCUT2D eigenvalue weighted by Crippen LogP contribution is -2.52. The van der Waals surface area contributed by atoms with Crippen LogP contribution in [-0.2, 0) is 29.0 Å². The Morgan fingerprint density at radius 1 is 0.917 bits per heavy atom. The minimum absolute atomic E-state index is 0.0917. The largest absolute Gasteiger partial charge is 0.352 e. The molecule has 1 saturated carbocycles. The summed E-state index contributed by atoms with van der Waals surface area (Å²) in [6, 6.07) is 20.4. The Kier molecular flexibility index (Phi) is 9.00. The lowest BCUT2D eigenvalue weighted by Gasteiger charge is -2.33. The van der Waals surface area contributed by atoms with Crippen LogP contribution in [0.4, 0.5) is 4.39 Å². The normalized spacial score (nSPS) is 14.4. The topological polar surface area (TPSA) is 49.4 Å². The summed E-state index contributed by atoms with van der Waals surface area (Å²) in [6.07, 6.45) is 4.05. The Balaban J connectivity index is 1.70. The summed E-state index contributed by atoms with van der Waals surface area (Å²) >= 11 is 12.7. The maximum Gasteiger partial charge on any atom is 0.243 e. The molecular formula is C29H29Cl2FN2O2. The van der Waals surface area contributed by atoms with Crippen LogP contribution in [0.15, 0.2) is 72.8 Å². The number of carbonyl (C=O) groups is 2. The number of nitrogens with one attached hydrogen (secondary N) is 1. The monoisotopic (exact) mass is 526 g/mol. The van der Waals surface area contributed by atoms with Gasteiger partial charge in [0.2, 0.25) is 11.8 Å². The van der Waals surface area contributed by atoms with Crippen molar-refractivity contribution in [1.82, 2.24) is 10.2 Å². The zero-order valence-corrected chi connectivity index (χ0v) is 21.4. The van der Waals surface area contributed by atoms with Gasteiger partial charge in [-0.2, -0.15) is 0 Å². The van der Waals surface area contributed by atoms with Gasteiger partial charge in [0.1, 0.15) is 11.9 Å². The van der Waals surface area contributed by atoms with Crippen molar-refractivity contribution in [3.8, 4) is 0 Å². The predicted octanol–water partition coefficient (Wildman–Crippen LogP) is 6.37. The highest BCUT2D eigenvalue weighted by atomic mass is 35.5. The molecule has 4 rings (SSSR count). The highest BCUT2D eigenvalue weighted by molar-refractivity contribution is 6.31. The van der Waals surface area contributed by atoms with Gasteiger partial charge in [-0.1, -0.05) is 90.6 Å². The average Bonchev–Trinajstić information content (AvgIpc) is 3.38. The fourth-order valence-corrected chi connectivity index (χ4v) is 5.11. The Bertz CT molecular complexity index is 1180. The Morgan fingerprint density at radius 2 is 1.58 bits per heavy atom. The molecule has 1 aliphatic rings. The van der Waals surface area contributed by atoms with E-state index < -0.39 is 17.8 Å². The fourth-order valence-electron chi connectivity index (χ4n) is 4.69. The van der Waals surface area contributed by atoms with Crippen LogP contribution in [0.5, 0.6) is 0 Å². The van der Waals surface area contributed by atoms with Crippen LogP contribution in [0, 0.1) is 5.82 Å². The lowest BCUT2D eigenvalue weighted by atomic mass is 10.0. The first kappa shape index (κ1) is 26.2. The van der Waals surface area contributed by atoms with E-state index in [9.17, 15) is 14.0 Å². The second-order valence-corrected chi connectivity index (χ2v) is 10.00. The van der Waals surface area contributed by atoms with Gasteiger partial charge in [-0.15, -0.1) is 0 Å². The summed E-state index contributed by atoms with van der Waals surface area (Å²) < 4.78 is 14.6. The molecular weight excluding hydrogens is 498 g/mol. The average molecular weight is 527 g/mol. The van der Waals surface area contributed by atoms with E-state index in [1.54, 1.807) is 12.1 Å². The van der Waals surface area contributed by atoms with E-state index in [1.165, 1.54) is 17.0 Å². The standard InChI is InChI=1S/C29H29Cl2FN2O2/c30-24-14-7-4-11-21(24)19-34(28(35)18-23-25(31)15-8-16-26(23)32)27(17-20-9-2-1-3-10-20)29(36)33-22-12-5-6-13-22/h1-4,7-11,14-16,22,27H,5-6,12-13,17-19H2,(H,33,36)/t27-/m0/s1. The lowest BCUT2D eigenvalue weighted by molar-refractivity contribution is -0.141. The molecule has 1 fully saturated rings. The van der Waals surface area contributed by atoms with Crippen LogP contribution < -0.4 is 5.32 Å². The van der Waals surface area contributed by atoms with E-state index in [0.717, 1.165) is 31.2 Å². The number of benzene rings is 3. The molecule has 1 atom stereocenters. The van der Waals surface area contributed by atoms with E-state index in [1.807, 2.05) is 48.5 Å².